The summed E-state index contributed by atoms with van der Waals surface area (Å²) < 4.78 is 18.0. The van der Waals surface area contributed by atoms with Gasteiger partial charge in [0.15, 0.2) is 6.61 Å². The Morgan fingerprint density at radius 1 is 1.11 bits per heavy atom. The van der Waals surface area contributed by atoms with Crippen molar-refractivity contribution in [3.8, 4) is 0 Å². The summed E-state index contributed by atoms with van der Waals surface area (Å²) in [5.41, 5.74) is -1.42. The third-order valence-corrected chi connectivity index (χ3v) is 3.46. The van der Waals surface area contributed by atoms with E-state index in [-0.39, 0.29) is 22.0 Å². The molecule has 1 amide bonds. The Hall–Kier alpha value is -3.60. The number of halogens is 2. The number of carbonyl (C=O) groups is 2. The number of carbonyl (C=O) groups excluding carboxylic acids is 2. The normalized spacial score (nSPS) is 10.1. The molecule has 10 nitrogen and oxygen atoms in total. The zero-order chi connectivity index (χ0) is 20.1. The van der Waals surface area contributed by atoms with E-state index in [1.54, 1.807) is 0 Å². The molecule has 140 valence electrons. The first kappa shape index (κ1) is 19.7. The number of rotatable bonds is 6. The number of ether oxygens (including phenoxy) is 1. The van der Waals surface area contributed by atoms with E-state index in [0.29, 0.717) is 0 Å². The molecule has 0 fully saturated rings. The molecule has 0 unspecified atom stereocenters. The molecule has 0 heterocycles. The van der Waals surface area contributed by atoms with Crippen LogP contribution in [0.1, 0.15) is 10.4 Å². The van der Waals surface area contributed by atoms with E-state index in [1.165, 1.54) is 0 Å². The maximum atomic E-state index is 13.2. The van der Waals surface area contributed by atoms with Gasteiger partial charge in [-0.25, -0.2) is 4.79 Å². The minimum absolute atomic E-state index is 0.0717. The number of nitro groups is 2. The van der Waals surface area contributed by atoms with Gasteiger partial charge in [0.1, 0.15) is 0 Å². The number of nitro benzene ring substituents is 2. The van der Waals surface area contributed by atoms with Gasteiger partial charge >= 0.3 is 11.7 Å². The van der Waals surface area contributed by atoms with Gasteiger partial charge in [-0.3, -0.25) is 25.0 Å². The van der Waals surface area contributed by atoms with Crippen molar-refractivity contribution >= 4 is 40.5 Å². The summed E-state index contributed by atoms with van der Waals surface area (Å²) in [6.45, 7) is -0.767. The number of amides is 1. The van der Waals surface area contributed by atoms with Crippen LogP contribution in [0.2, 0.25) is 5.02 Å². The van der Waals surface area contributed by atoms with Gasteiger partial charge in [-0.15, -0.1) is 0 Å². The number of nitrogens with one attached hydrogen (secondary N) is 1. The van der Waals surface area contributed by atoms with Crippen molar-refractivity contribution in [3.63, 3.8) is 0 Å². The van der Waals surface area contributed by atoms with Crippen LogP contribution >= 0.6 is 11.6 Å². The number of benzene rings is 2. The Morgan fingerprint density at radius 3 is 2.41 bits per heavy atom. The molecule has 1 N–H and O–H groups in total. The zero-order valence-corrected chi connectivity index (χ0v) is 13.9. The third kappa shape index (κ3) is 4.95. The fourth-order valence-electron chi connectivity index (χ4n) is 1.92. The molecule has 0 aliphatic carbocycles. The zero-order valence-electron chi connectivity index (χ0n) is 13.2. The van der Waals surface area contributed by atoms with Crippen molar-refractivity contribution in [2.24, 2.45) is 0 Å². The van der Waals surface area contributed by atoms with Crippen molar-refractivity contribution in [1.29, 1.82) is 0 Å². The van der Waals surface area contributed by atoms with Gasteiger partial charge < -0.3 is 10.1 Å². The molecule has 2 rings (SSSR count). The molecule has 0 spiro atoms. The summed E-state index contributed by atoms with van der Waals surface area (Å²) in [4.78, 5) is 43.3. The second-order valence-corrected chi connectivity index (χ2v) is 5.38. The fraction of sp³-hybridized carbons (Fsp3) is 0.0667. The summed E-state index contributed by atoms with van der Waals surface area (Å²) in [6, 6.07) is 5.77. The molecule has 0 radical (unpaired) electrons. The molecule has 0 aliphatic heterocycles. The number of hydrogen-bond donors (Lipinski definition) is 1. The Labute approximate surface area is 154 Å². The Kier molecular flexibility index (Phi) is 5.98. The highest BCUT2D eigenvalue weighted by Crippen LogP contribution is 2.23. The summed E-state index contributed by atoms with van der Waals surface area (Å²) in [5.74, 6) is -2.92. The van der Waals surface area contributed by atoms with E-state index in [4.69, 9.17) is 16.3 Å². The molecule has 0 aromatic heterocycles. The summed E-state index contributed by atoms with van der Waals surface area (Å²) >= 11 is 5.77. The highest BCUT2D eigenvalue weighted by Gasteiger charge is 2.18. The Morgan fingerprint density at radius 2 is 1.81 bits per heavy atom. The number of esters is 1. The van der Waals surface area contributed by atoms with Crippen molar-refractivity contribution in [1.82, 2.24) is 0 Å². The molecule has 0 atom stereocenters. The average molecular weight is 398 g/mol. The monoisotopic (exact) mass is 397 g/mol. The van der Waals surface area contributed by atoms with Crippen LogP contribution in [0.4, 0.5) is 21.5 Å². The molecular weight excluding hydrogens is 389 g/mol. The van der Waals surface area contributed by atoms with Crippen LogP contribution in [0, 0.1) is 26.0 Å². The van der Waals surface area contributed by atoms with Crippen molar-refractivity contribution < 1.29 is 28.6 Å². The lowest BCUT2D eigenvalue weighted by atomic mass is 10.2. The van der Waals surface area contributed by atoms with Crippen LogP contribution in [0.3, 0.4) is 0 Å². The maximum Gasteiger partial charge on any atom is 0.340 e. The number of anilines is 1. The van der Waals surface area contributed by atoms with Crippen molar-refractivity contribution in [3.05, 3.63) is 73.0 Å². The van der Waals surface area contributed by atoms with Gasteiger partial charge in [-0.2, -0.15) is 4.39 Å². The van der Waals surface area contributed by atoms with Crippen molar-refractivity contribution in [2.75, 3.05) is 11.9 Å². The van der Waals surface area contributed by atoms with Gasteiger partial charge in [-0.05, 0) is 18.2 Å². The lowest BCUT2D eigenvalue weighted by Crippen LogP contribution is -2.21. The number of nitrogens with zero attached hydrogens (tertiary/aromatic N) is 2. The number of non-ortho nitro benzene ring substituents is 1. The highest BCUT2D eigenvalue weighted by molar-refractivity contribution is 6.33. The fourth-order valence-corrected chi connectivity index (χ4v) is 2.17. The van der Waals surface area contributed by atoms with Crippen LogP contribution in [-0.4, -0.2) is 28.3 Å². The van der Waals surface area contributed by atoms with E-state index in [1.807, 2.05) is 0 Å². The van der Waals surface area contributed by atoms with Gasteiger partial charge in [0.05, 0.1) is 20.4 Å². The largest absolute Gasteiger partial charge is 0.452 e. The SMILES string of the molecule is O=C(COC(=O)c1ccc([N+](=O)[O-])cc1Cl)Nc1ccc(F)c([N+](=O)[O-])c1. The molecule has 12 heteroatoms. The third-order valence-electron chi connectivity index (χ3n) is 3.14. The Bertz CT molecular complexity index is 951. The summed E-state index contributed by atoms with van der Waals surface area (Å²) in [6.07, 6.45) is 0. The lowest BCUT2D eigenvalue weighted by Gasteiger charge is -2.07. The predicted octanol–water partition coefficient (Wildman–Crippen LogP) is 3.09. The Balaban J connectivity index is 1.99. The minimum Gasteiger partial charge on any atom is -0.452 e. The molecule has 0 aliphatic rings. The molecule has 0 bridgehead atoms. The van der Waals surface area contributed by atoms with E-state index in [2.05, 4.69) is 5.32 Å². The van der Waals surface area contributed by atoms with E-state index >= 15 is 0 Å². The second-order valence-electron chi connectivity index (χ2n) is 4.97. The van der Waals surface area contributed by atoms with Gasteiger partial charge in [-0.1, -0.05) is 11.6 Å². The molecule has 0 saturated carbocycles. The molecule has 0 saturated heterocycles. The second kappa shape index (κ2) is 8.19. The van der Waals surface area contributed by atoms with E-state index in [9.17, 15) is 34.2 Å². The summed E-state index contributed by atoms with van der Waals surface area (Å²) in [5, 5.41) is 23.2. The van der Waals surface area contributed by atoms with Crippen LogP contribution in [0.15, 0.2) is 36.4 Å². The first-order chi connectivity index (χ1) is 12.7. The smallest absolute Gasteiger partial charge is 0.340 e. The quantitative estimate of drug-likeness (QED) is 0.448. The van der Waals surface area contributed by atoms with E-state index in [0.717, 1.165) is 36.4 Å². The highest BCUT2D eigenvalue weighted by atomic mass is 35.5. The summed E-state index contributed by atoms with van der Waals surface area (Å²) in [7, 11) is 0. The van der Waals surface area contributed by atoms with Crippen LogP contribution < -0.4 is 5.32 Å². The van der Waals surface area contributed by atoms with Gasteiger partial charge in [0, 0.05) is 23.9 Å². The lowest BCUT2D eigenvalue weighted by molar-refractivity contribution is -0.387. The predicted molar refractivity (Wildman–Crippen MR) is 90.1 cm³/mol. The van der Waals surface area contributed by atoms with Crippen LogP contribution in [0.25, 0.3) is 0 Å². The first-order valence-corrected chi connectivity index (χ1v) is 7.41. The topological polar surface area (TPSA) is 142 Å². The standard InChI is InChI=1S/C15H9ClFN3O7/c16-11-6-9(19(23)24)2-3-10(11)15(22)27-7-14(21)18-8-1-4-12(17)13(5-8)20(25)26/h1-6H,7H2,(H,18,21). The van der Waals surface area contributed by atoms with Crippen LogP contribution in [-0.2, 0) is 9.53 Å². The molecule has 2 aromatic rings. The van der Waals surface area contributed by atoms with Gasteiger partial charge in [0.25, 0.3) is 11.6 Å². The molecular formula is C15H9ClFN3O7. The maximum absolute atomic E-state index is 13.2. The molecule has 27 heavy (non-hydrogen) atoms. The molecule has 2 aromatic carbocycles. The first-order valence-electron chi connectivity index (χ1n) is 7.04. The van der Waals surface area contributed by atoms with Crippen molar-refractivity contribution in [2.45, 2.75) is 0 Å². The van der Waals surface area contributed by atoms with Crippen LogP contribution in [0.5, 0.6) is 0 Å². The average Bonchev–Trinajstić information content (AvgIpc) is 2.60. The van der Waals surface area contributed by atoms with Gasteiger partial charge in [0.2, 0.25) is 5.82 Å². The number of hydrogen-bond acceptors (Lipinski definition) is 7. The minimum atomic E-state index is -1.07. The van der Waals surface area contributed by atoms with E-state index < -0.39 is 39.8 Å².